The third kappa shape index (κ3) is 6.06. The summed E-state index contributed by atoms with van der Waals surface area (Å²) in [5.74, 6) is -0.933. The predicted octanol–water partition coefficient (Wildman–Crippen LogP) is 2.65. The molecule has 0 fully saturated rings. The van der Waals surface area contributed by atoms with Crippen molar-refractivity contribution in [3.63, 3.8) is 0 Å². The topological polar surface area (TPSA) is 101 Å². The molecule has 0 radical (unpaired) electrons. The molecule has 0 bridgehead atoms. The maximum Gasteiger partial charge on any atom is 0.271 e. The van der Waals surface area contributed by atoms with Gasteiger partial charge in [0.2, 0.25) is 0 Å². The fraction of sp³-hybridized carbons (Fsp3) is 0.500. The highest BCUT2D eigenvalue weighted by atomic mass is 16.6. The zero-order valence-electron chi connectivity index (χ0n) is 14.3. The highest BCUT2D eigenvalue weighted by Gasteiger charge is 2.22. The second kappa shape index (κ2) is 6.36. The Morgan fingerprint density at radius 1 is 0.870 bits per heavy atom. The van der Waals surface area contributed by atoms with E-state index < -0.39 is 27.8 Å². The first kappa shape index (κ1) is 18.6. The van der Waals surface area contributed by atoms with Crippen LogP contribution in [0.15, 0.2) is 18.2 Å². The van der Waals surface area contributed by atoms with Crippen molar-refractivity contribution >= 4 is 17.5 Å². The van der Waals surface area contributed by atoms with Gasteiger partial charge in [-0.2, -0.15) is 0 Å². The van der Waals surface area contributed by atoms with Crippen LogP contribution in [0.3, 0.4) is 0 Å². The molecule has 7 heteroatoms. The number of nitro benzene ring substituents is 1. The second-order valence-electron chi connectivity index (χ2n) is 7.43. The summed E-state index contributed by atoms with van der Waals surface area (Å²) in [6.07, 6.45) is 0. The lowest BCUT2D eigenvalue weighted by Crippen LogP contribution is -2.41. The Kier molecular flexibility index (Phi) is 5.14. The van der Waals surface area contributed by atoms with Gasteiger partial charge in [0.25, 0.3) is 17.5 Å². The monoisotopic (exact) mass is 321 g/mol. The Morgan fingerprint density at radius 3 is 1.48 bits per heavy atom. The van der Waals surface area contributed by atoms with Gasteiger partial charge in [-0.15, -0.1) is 0 Å². The molecular formula is C16H23N3O4. The second-order valence-corrected chi connectivity index (χ2v) is 7.43. The molecule has 0 atom stereocenters. The molecule has 0 aromatic heterocycles. The molecule has 23 heavy (non-hydrogen) atoms. The van der Waals surface area contributed by atoms with Gasteiger partial charge in [-0.1, -0.05) is 0 Å². The lowest BCUT2D eigenvalue weighted by molar-refractivity contribution is -0.384. The number of nitrogens with one attached hydrogen (secondary N) is 2. The minimum Gasteiger partial charge on any atom is -0.347 e. The van der Waals surface area contributed by atoms with Crippen LogP contribution in [0, 0.1) is 10.1 Å². The average molecular weight is 321 g/mol. The fourth-order valence-corrected chi connectivity index (χ4v) is 1.80. The quantitative estimate of drug-likeness (QED) is 0.660. The molecule has 1 aromatic rings. The van der Waals surface area contributed by atoms with E-state index in [0.29, 0.717) is 0 Å². The molecule has 0 spiro atoms. The van der Waals surface area contributed by atoms with Gasteiger partial charge in [-0.05, 0) is 47.6 Å². The van der Waals surface area contributed by atoms with Crippen molar-refractivity contribution in [1.29, 1.82) is 0 Å². The van der Waals surface area contributed by atoms with Gasteiger partial charge in [-0.25, -0.2) is 0 Å². The summed E-state index contributed by atoms with van der Waals surface area (Å²) in [7, 11) is 0. The molecule has 0 unspecified atom stereocenters. The zero-order valence-corrected chi connectivity index (χ0v) is 14.3. The van der Waals surface area contributed by atoms with Crippen molar-refractivity contribution in [2.45, 2.75) is 52.6 Å². The standard InChI is InChI=1S/C16H23N3O4/c1-15(2,3)17-13(20)10-7-11(9-12(8-10)19(22)23)14(21)18-16(4,5)6/h7-9H,1-6H3,(H,17,20)(H,18,21). The summed E-state index contributed by atoms with van der Waals surface area (Å²) in [5, 5.41) is 16.5. The molecule has 0 heterocycles. The zero-order chi connectivity index (χ0) is 18.0. The van der Waals surface area contributed by atoms with E-state index >= 15 is 0 Å². The minimum absolute atomic E-state index is 0.0770. The predicted molar refractivity (Wildman–Crippen MR) is 87.5 cm³/mol. The van der Waals surface area contributed by atoms with Gasteiger partial charge in [0.05, 0.1) is 4.92 Å². The van der Waals surface area contributed by atoms with E-state index in [1.807, 2.05) is 0 Å². The van der Waals surface area contributed by atoms with Crippen LogP contribution in [-0.4, -0.2) is 27.8 Å². The molecule has 1 aromatic carbocycles. The lowest BCUT2D eigenvalue weighted by atomic mass is 10.0. The van der Waals surface area contributed by atoms with Gasteiger partial charge in [-0.3, -0.25) is 19.7 Å². The maximum atomic E-state index is 12.2. The summed E-state index contributed by atoms with van der Waals surface area (Å²) in [6.45, 7) is 10.8. The average Bonchev–Trinajstić information content (AvgIpc) is 2.34. The Balaban J connectivity index is 3.25. The van der Waals surface area contributed by atoms with Crippen LogP contribution in [0.5, 0.6) is 0 Å². The van der Waals surface area contributed by atoms with Gasteiger partial charge < -0.3 is 10.6 Å². The smallest absolute Gasteiger partial charge is 0.271 e. The van der Waals surface area contributed by atoms with Gasteiger partial charge >= 0.3 is 0 Å². The minimum atomic E-state index is -0.623. The summed E-state index contributed by atoms with van der Waals surface area (Å²) >= 11 is 0. The van der Waals surface area contributed by atoms with Crippen LogP contribution in [0.4, 0.5) is 5.69 Å². The highest BCUT2D eigenvalue weighted by molar-refractivity contribution is 6.01. The lowest BCUT2D eigenvalue weighted by Gasteiger charge is -2.22. The summed E-state index contributed by atoms with van der Waals surface area (Å²) < 4.78 is 0. The van der Waals surface area contributed by atoms with E-state index in [1.54, 1.807) is 41.5 Å². The van der Waals surface area contributed by atoms with E-state index in [2.05, 4.69) is 10.6 Å². The Morgan fingerprint density at radius 2 is 1.22 bits per heavy atom. The number of hydrogen-bond acceptors (Lipinski definition) is 4. The van der Waals surface area contributed by atoms with Gasteiger partial charge in [0.1, 0.15) is 0 Å². The van der Waals surface area contributed by atoms with E-state index in [9.17, 15) is 19.7 Å². The fourth-order valence-electron chi connectivity index (χ4n) is 1.80. The first-order valence-corrected chi connectivity index (χ1v) is 7.23. The Bertz CT molecular complexity index is 593. The van der Waals surface area contributed by atoms with Crippen molar-refractivity contribution in [2.24, 2.45) is 0 Å². The molecule has 0 aliphatic rings. The molecule has 0 aliphatic carbocycles. The van der Waals surface area contributed by atoms with Crippen molar-refractivity contribution in [2.75, 3.05) is 0 Å². The third-order valence-corrected chi connectivity index (χ3v) is 2.63. The Labute approximate surface area is 135 Å². The van der Waals surface area contributed by atoms with E-state index in [1.165, 1.54) is 6.07 Å². The number of hydrogen-bond donors (Lipinski definition) is 2. The SMILES string of the molecule is CC(C)(C)NC(=O)c1cc(C(=O)NC(C)(C)C)cc([N+](=O)[O-])c1. The van der Waals surface area contributed by atoms with Crippen molar-refractivity contribution in [3.8, 4) is 0 Å². The van der Waals surface area contributed by atoms with Crippen molar-refractivity contribution in [1.82, 2.24) is 10.6 Å². The Hall–Kier alpha value is -2.44. The van der Waals surface area contributed by atoms with Crippen LogP contribution < -0.4 is 10.6 Å². The number of rotatable bonds is 3. The summed E-state index contributed by atoms with van der Waals surface area (Å²) in [6, 6.07) is 3.68. The summed E-state index contributed by atoms with van der Waals surface area (Å²) in [4.78, 5) is 34.9. The molecule has 2 amide bonds. The molecule has 7 nitrogen and oxygen atoms in total. The van der Waals surface area contributed by atoms with E-state index in [-0.39, 0.29) is 16.8 Å². The van der Waals surface area contributed by atoms with Crippen molar-refractivity contribution in [3.05, 3.63) is 39.4 Å². The number of carbonyl (C=O) groups is 2. The highest BCUT2D eigenvalue weighted by Crippen LogP contribution is 2.19. The number of benzene rings is 1. The number of carbonyl (C=O) groups excluding carboxylic acids is 2. The van der Waals surface area contributed by atoms with Gasteiger partial charge in [0.15, 0.2) is 0 Å². The third-order valence-electron chi connectivity index (χ3n) is 2.63. The molecule has 1 rings (SSSR count). The normalized spacial score (nSPS) is 11.7. The van der Waals surface area contributed by atoms with E-state index in [4.69, 9.17) is 0 Å². The largest absolute Gasteiger partial charge is 0.347 e. The van der Waals surface area contributed by atoms with E-state index in [0.717, 1.165) is 12.1 Å². The molecule has 126 valence electrons. The van der Waals surface area contributed by atoms with Gasteiger partial charge in [0, 0.05) is 34.3 Å². The molecule has 2 N–H and O–H groups in total. The van der Waals surface area contributed by atoms with Crippen LogP contribution >= 0.6 is 0 Å². The maximum absolute atomic E-state index is 12.2. The molecule has 0 aliphatic heterocycles. The number of nitro groups is 1. The molecule has 0 saturated heterocycles. The number of non-ortho nitro benzene ring substituents is 1. The number of amides is 2. The number of nitrogens with zero attached hydrogens (tertiary/aromatic N) is 1. The first-order valence-electron chi connectivity index (χ1n) is 7.23. The summed E-state index contributed by atoms with van der Waals surface area (Å²) in [5.41, 5.74) is -1.13. The van der Waals surface area contributed by atoms with Crippen LogP contribution in [0.25, 0.3) is 0 Å². The molecular weight excluding hydrogens is 298 g/mol. The van der Waals surface area contributed by atoms with Crippen LogP contribution in [0.1, 0.15) is 62.3 Å². The van der Waals surface area contributed by atoms with Crippen molar-refractivity contribution < 1.29 is 14.5 Å². The van der Waals surface area contributed by atoms with Crippen LogP contribution in [-0.2, 0) is 0 Å². The van der Waals surface area contributed by atoms with Crippen LogP contribution in [0.2, 0.25) is 0 Å². The first-order chi connectivity index (χ1) is 10.3. The molecule has 0 saturated carbocycles.